The van der Waals surface area contributed by atoms with E-state index in [4.69, 9.17) is 10.8 Å². The molecule has 0 bridgehead atoms. The van der Waals surface area contributed by atoms with Crippen LogP contribution in [0.15, 0.2) is 0 Å². The first-order valence-electron chi connectivity index (χ1n) is 6.56. The third kappa shape index (κ3) is 3.36. The van der Waals surface area contributed by atoms with Gasteiger partial charge in [0.1, 0.15) is 6.04 Å². The van der Waals surface area contributed by atoms with Crippen LogP contribution in [0.1, 0.15) is 25.7 Å². The van der Waals surface area contributed by atoms with Gasteiger partial charge in [-0.2, -0.15) is 0 Å². The highest BCUT2D eigenvalue weighted by molar-refractivity contribution is 5.84. The lowest BCUT2D eigenvalue weighted by Gasteiger charge is -2.32. The van der Waals surface area contributed by atoms with E-state index >= 15 is 0 Å². The van der Waals surface area contributed by atoms with Gasteiger partial charge in [-0.3, -0.25) is 4.79 Å². The van der Waals surface area contributed by atoms with Crippen molar-refractivity contribution in [3.8, 4) is 0 Å². The fourth-order valence-corrected chi connectivity index (χ4v) is 2.43. The van der Waals surface area contributed by atoms with Crippen molar-refractivity contribution in [2.45, 2.75) is 31.7 Å². The molecule has 1 saturated carbocycles. The van der Waals surface area contributed by atoms with Crippen LogP contribution < -0.4 is 11.1 Å². The molecule has 2 unspecified atom stereocenters. The number of hydrogen-bond donors (Lipinski definition) is 3. The van der Waals surface area contributed by atoms with Crippen molar-refractivity contribution in [3.63, 3.8) is 0 Å². The molecule has 1 aliphatic heterocycles. The van der Waals surface area contributed by atoms with E-state index in [1.165, 1.54) is 4.90 Å². The number of likely N-dealkylation sites (tertiary alicyclic amines) is 1. The highest BCUT2D eigenvalue weighted by Gasteiger charge is 2.38. The third-order valence-electron chi connectivity index (χ3n) is 3.75. The number of aliphatic carboxylic acids is 1. The van der Waals surface area contributed by atoms with Crippen molar-refractivity contribution in [1.82, 2.24) is 10.2 Å². The highest BCUT2D eigenvalue weighted by Crippen LogP contribution is 2.32. The molecular formula is C12H19N3O4. The van der Waals surface area contributed by atoms with E-state index < -0.39 is 23.9 Å². The Balaban J connectivity index is 1.91. The minimum atomic E-state index is -1.00. The molecule has 1 heterocycles. The Kier molecular flexibility index (Phi) is 3.92. The van der Waals surface area contributed by atoms with Gasteiger partial charge in [-0.15, -0.1) is 0 Å². The summed E-state index contributed by atoms with van der Waals surface area (Å²) in [5.74, 6) is -1.70. The second-order valence-corrected chi connectivity index (χ2v) is 5.29. The Bertz CT molecular complexity index is 394. The molecule has 0 spiro atoms. The second-order valence-electron chi connectivity index (χ2n) is 5.29. The van der Waals surface area contributed by atoms with Crippen LogP contribution in [-0.2, 0) is 9.59 Å². The number of nitrogens with one attached hydrogen (secondary N) is 1. The average molecular weight is 269 g/mol. The monoisotopic (exact) mass is 269 g/mol. The number of carbonyl (C=O) groups excluding carboxylic acids is 2. The summed E-state index contributed by atoms with van der Waals surface area (Å²) < 4.78 is 0. The van der Waals surface area contributed by atoms with Gasteiger partial charge in [-0.05, 0) is 31.6 Å². The van der Waals surface area contributed by atoms with E-state index in [2.05, 4.69) is 5.32 Å². The number of amides is 3. The van der Waals surface area contributed by atoms with Crippen molar-refractivity contribution < 1.29 is 19.5 Å². The molecule has 7 nitrogen and oxygen atoms in total. The molecule has 7 heteroatoms. The molecule has 2 atom stereocenters. The first-order chi connectivity index (χ1) is 8.99. The molecule has 4 N–H and O–H groups in total. The lowest BCUT2D eigenvalue weighted by molar-refractivity contribution is -0.139. The Morgan fingerprint density at radius 2 is 1.95 bits per heavy atom. The predicted molar refractivity (Wildman–Crippen MR) is 66.2 cm³/mol. The Hall–Kier alpha value is -1.79. The van der Waals surface area contributed by atoms with Crippen LogP contribution in [0.25, 0.3) is 0 Å². The number of carbonyl (C=O) groups is 3. The van der Waals surface area contributed by atoms with Crippen LogP contribution in [0.4, 0.5) is 4.79 Å². The van der Waals surface area contributed by atoms with Crippen LogP contribution in [0.3, 0.4) is 0 Å². The number of primary amides is 1. The molecule has 2 fully saturated rings. The van der Waals surface area contributed by atoms with Crippen molar-refractivity contribution in [1.29, 1.82) is 0 Å². The molecule has 2 aliphatic rings. The summed E-state index contributed by atoms with van der Waals surface area (Å²) in [5.41, 5.74) is 5.25. The largest absolute Gasteiger partial charge is 0.480 e. The Morgan fingerprint density at radius 3 is 2.47 bits per heavy atom. The summed E-state index contributed by atoms with van der Waals surface area (Å²) in [4.78, 5) is 35.7. The maximum Gasteiger partial charge on any atom is 0.326 e. The van der Waals surface area contributed by atoms with Gasteiger partial charge in [-0.1, -0.05) is 0 Å². The van der Waals surface area contributed by atoms with Gasteiger partial charge in [0.2, 0.25) is 5.91 Å². The minimum absolute atomic E-state index is 0.0400. The van der Waals surface area contributed by atoms with E-state index in [0.717, 1.165) is 12.8 Å². The lowest BCUT2D eigenvalue weighted by Crippen LogP contribution is -2.52. The summed E-state index contributed by atoms with van der Waals surface area (Å²) in [5, 5.41) is 11.6. The smallest absolute Gasteiger partial charge is 0.326 e. The van der Waals surface area contributed by atoms with Crippen molar-refractivity contribution in [2.75, 3.05) is 13.1 Å². The van der Waals surface area contributed by atoms with Crippen molar-refractivity contribution in [3.05, 3.63) is 0 Å². The van der Waals surface area contributed by atoms with Crippen molar-refractivity contribution >= 4 is 17.9 Å². The van der Waals surface area contributed by atoms with Gasteiger partial charge in [-0.25, -0.2) is 9.59 Å². The number of rotatable bonds is 4. The van der Waals surface area contributed by atoms with E-state index in [9.17, 15) is 14.4 Å². The zero-order valence-electron chi connectivity index (χ0n) is 10.7. The van der Waals surface area contributed by atoms with E-state index in [1.54, 1.807) is 0 Å². The maximum absolute atomic E-state index is 12.0. The fraction of sp³-hybridized carbons (Fsp3) is 0.750. The molecule has 19 heavy (non-hydrogen) atoms. The quantitative estimate of drug-likeness (QED) is 0.653. The van der Waals surface area contributed by atoms with Gasteiger partial charge < -0.3 is 21.1 Å². The second kappa shape index (κ2) is 5.46. The number of carboxylic acids is 1. The number of nitrogens with two attached hydrogens (primary N) is 1. The van der Waals surface area contributed by atoms with Crippen LogP contribution in [0, 0.1) is 11.8 Å². The highest BCUT2D eigenvalue weighted by atomic mass is 16.4. The van der Waals surface area contributed by atoms with Crippen LogP contribution >= 0.6 is 0 Å². The number of nitrogens with zero attached hydrogens (tertiary/aromatic N) is 1. The third-order valence-corrected chi connectivity index (χ3v) is 3.75. The molecule has 3 amide bonds. The minimum Gasteiger partial charge on any atom is -0.480 e. The molecule has 106 valence electrons. The zero-order chi connectivity index (χ0) is 14.0. The standard InChI is InChI=1S/C12H19N3O4/c13-10(16)8-2-1-5-15(6-8)12(19)14-9(11(17)18)7-3-4-7/h7-9H,1-6H2,(H2,13,16)(H,14,19)(H,17,18). The molecule has 0 aromatic rings. The van der Waals surface area contributed by atoms with Crippen molar-refractivity contribution in [2.24, 2.45) is 17.6 Å². The molecule has 1 aliphatic carbocycles. The molecule has 0 aromatic heterocycles. The fourth-order valence-electron chi connectivity index (χ4n) is 2.43. The summed E-state index contributed by atoms with van der Waals surface area (Å²) >= 11 is 0. The SMILES string of the molecule is NC(=O)C1CCCN(C(=O)NC(C(=O)O)C2CC2)C1. The van der Waals surface area contributed by atoms with E-state index in [0.29, 0.717) is 19.4 Å². The molecule has 0 radical (unpaired) electrons. The Labute approximate surface area is 111 Å². The van der Waals surface area contributed by atoms with E-state index in [-0.39, 0.29) is 18.4 Å². The zero-order valence-corrected chi connectivity index (χ0v) is 10.7. The molecule has 1 saturated heterocycles. The van der Waals surface area contributed by atoms with Crippen LogP contribution in [0.5, 0.6) is 0 Å². The predicted octanol–water partition coefficient (Wildman–Crippen LogP) is -0.243. The maximum atomic E-state index is 12.0. The van der Waals surface area contributed by atoms with Crippen LogP contribution in [-0.4, -0.2) is 47.0 Å². The van der Waals surface area contributed by atoms with Gasteiger partial charge in [0.05, 0.1) is 5.92 Å². The van der Waals surface area contributed by atoms with Gasteiger partial charge >= 0.3 is 12.0 Å². The topological polar surface area (TPSA) is 113 Å². The molecular weight excluding hydrogens is 250 g/mol. The normalized spacial score (nSPS) is 24.6. The lowest BCUT2D eigenvalue weighted by atomic mass is 9.98. The number of piperidine rings is 1. The van der Waals surface area contributed by atoms with E-state index in [1.807, 2.05) is 0 Å². The average Bonchev–Trinajstić information content (AvgIpc) is 3.19. The van der Waals surface area contributed by atoms with Gasteiger partial charge in [0, 0.05) is 13.1 Å². The van der Waals surface area contributed by atoms with Gasteiger partial charge in [0.25, 0.3) is 0 Å². The van der Waals surface area contributed by atoms with Crippen LogP contribution in [0.2, 0.25) is 0 Å². The molecule has 0 aromatic carbocycles. The van der Waals surface area contributed by atoms with Gasteiger partial charge in [0.15, 0.2) is 0 Å². The number of carboxylic acid groups (broad SMARTS) is 1. The number of urea groups is 1. The molecule has 2 rings (SSSR count). The summed E-state index contributed by atoms with van der Waals surface area (Å²) in [6, 6.07) is -1.23. The number of hydrogen-bond acceptors (Lipinski definition) is 3. The summed E-state index contributed by atoms with van der Waals surface area (Å²) in [6.45, 7) is 0.810. The Morgan fingerprint density at radius 1 is 1.26 bits per heavy atom. The summed E-state index contributed by atoms with van der Waals surface area (Å²) in [7, 11) is 0. The first kappa shape index (κ1) is 13.6. The summed E-state index contributed by atoms with van der Waals surface area (Å²) in [6.07, 6.45) is 3.06. The first-order valence-corrected chi connectivity index (χ1v) is 6.56.